The molecule has 1 saturated heterocycles. The summed E-state index contributed by atoms with van der Waals surface area (Å²) in [5, 5.41) is 9.78. The summed E-state index contributed by atoms with van der Waals surface area (Å²) in [4.78, 5) is 6.46. The number of hydrogen-bond acceptors (Lipinski definition) is 4. The Kier molecular flexibility index (Phi) is 4.76. The van der Waals surface area contributed by atoms with Crippen LogP contribution in [-0.2, 0) is 11.3 Å². The van der Waals surface area contributed by atoms with E-state index in [1.807, 2.05) is 25.1 Å². The Morgan fingerprint density at radius 1 is 1.53 bits per heavy atom. The van der Waals surface area contributed by atoms with Crippen LogP contribution in [0.1, 0.15) is 23.6 Å². The number of nitriles is 1. The van der Waals surface area contributed by atoms with E-state index < -0.39 is 0 Å². The number of ether oxygens (including phenoxy) is 1. The van der Waals surface area contributed by atoms with Crippen molar-refractivity contribution in [2.75, 3.05) is 27.3 Å². The molecule has 102 valence electrons. The largest absolute Gasteiger partial charge is 0.381 e. The van der Waals surface area contributed by atoms with Crippen LogP contribution in [0.2, 0.25) is 5.15 Å². The molecule has 1 fully saturated rings. The molecule has 2 rings (SSSR count). The van der Waals surface area contributed by atoms with Gasteiger partial charge < -0.3 is 9.64 Å². The van der Waals surface area contributed by atoms with Crippen molar-refractivity contribution in [1.29, 1.82) is 5.26 Å². The summed E-state index contributed by atoms with van der Waals surface area (Å²) in [5.41, 5.74) is 2.03. The second-order valence-electron chi connectivity index (χ2n) is 5.11. The van der Waals surface area contributed by atoms with Crippen molar-refractivity contribution < 1.29 is 4.74 Å². The van der Waals surface area contributed by atoms with Gasteiger partial charge >= 0.3 is 0 Å². The van der Waals surface area contributed by atoms with Crippen molar-refractivity contribution in [3.8, 4) is 6.07 Å². The Morgan fingerprint density at radius 3 is 3.00 bits per heavy atom. The van der Waals surface area contributed by atoms with Crippen molar-refractivity contribution >= 4 is 11.6 Å². The van der Waals surface area contributed by atoms with E-state index in [2.05, 4.69) is 11.1 Å². The van der Waals surface area contributed by atoms with Gasteiger partial charge in [0.25, 0.3) is 0 Å². The average Bonchev–Trinajstić information content (AvgIpc) is 2.38. The Balaban J connectivity index is 2.34. The average molecular weight is 280 g/mol. The number of aromatic nitrogens is 1. The molecule has 1 aliphatic heterocycles. The number of rotatable bonds is 3. The van der Waals surface area contributed by atoms with Crippen molar-refractivity contribution in [2.45, 2.75) is 18.9 Å². The van der Waals surface area contributed by atoms with E-state index in [0.717, 1.165) is 17.7 Å². The molecule has 0 bridgehead atoms. The zero-order valence-corrected chi connectivity index (χ0v) is 12.0. The molecule has 0 saturated carbocycles. The molecule has 5 heteroatoms. The fourth-order valence-corrected chi connectivity index (χ4v) is 2.61. The first-order chi connectivity index (χ1) is 9.11. The summed E-state index contributed by atoms with van der Waals surface area (Å²) in [5.74, 6) is 0.0936. The molecule has 0 amide bonds. The minimum Gasteiger partial charge on any atom is -0.381 e. The lowest BCUT2D eigenvalue weighted by Crippen LogP contribution is -2.27. The Hall–Kier alpha value is -1.15. The summed E-state index contributed by atoms with van der Waals surface area (Å²) in [6.45, 7) is 1.96. The second kappa shape index (κ2) is 6.33. The van der Waals surface area contributed by atoms with E-state index in [1.54, 1.807) is 6.07 Å². The van der Waals surface area contributed by atoms with Gasteiger partial charge in [0.15, 0.2) is 0 Å². The lowest BCUT2D eigenvalue weighted by Gasteiger charge is -2.29. The molecule has 0 aliphatic carbocycles. The van der Waals surface area contributed by atoms with Gasteiger partial charge in [-0.1, -0.05) is 17.7 Å². The smallest absolute Gasteiger partial charge is 0.129 e. The Labute approximate surface area is 118 Å². The number of nitrogens with zero attached hydrogens (tertiary/aromatic N) is 3. The van der Waals surface area contributed by atoms with Crippen molar-refractivity contribution in [2.24, 2.45) is 5.92 Å². The van der Waals surface area contributed by atoms with E-state index in [9.17, 15) is 5.26 Å². The van der Waals surface area contributed by atoms with E-state index in [1.165, 1.54) is 0 Å². The fraction of sp³-hybridized carbons (Fsp3) is 0.571. The van der Waals surface area contributed by atoms with Gasteiger partial charge in [0.05, 0.1) is 24.3 Å². The summed E-state index contributed by atoms with van der Waals surface area (Å²) < 4.78 is 5.53. The van der Waals surface area contributed by atoms with Crippen LogP contribution >= 0.6 is 11.6 Å². The molecule has 2 heterocycles. The maximum absolute atomic E-state index is 9.29. The molecule has 0 radical (unpaired) electrons. The quantitative estimate of drug-likeness (QED) is 0.798. The summed E-state index contributed by atoms with van der Waals surface area (Å²) >= 11 is 5.98. The van der Waals surface area contributed by atoms with Crippen molar-refractivity contribution in [3.63, 3.8) is 0 Å². The second-order valence-corrected chi connectivity index (χ2v) is 5.50. The SMILES string of the molecule is CN(C)Cc1nc(Cl)ccc1C1COCCC1C#N. The van der Waals surface area contributed by atoms with Gasteiger partial charge in [-0.2, -0.15) is 5.26 Å². The van der Waals surface area contributed by atoms with Gasteiger partial charge in [0.1, 0.15) is 5.15 Å². The van der Waals surface area contributed by atoms with Gasteiger partial charge in [-0.25, -0.2) is 4.98 Å². The van der Waals surface area contributed by atoms with Crippen LogP contribution in [0.3, 0.4) is 0 Å². The van der Waals surface area contributed by atoms with Crippen LogP contribution in [0.5, 0.6) is 0 Å². The predicted molar refractivity (Wildman–Crippen MR) is 73.9 cm³/mol. The fourth-order valence-electron chi connectivity index (χ4n) is 2.45. The third-order valence-electron chi connectivity index (χ3n) is 3.36. The van der Waals surface area contributed by atoms with Gasteiger partial charge in [-0.3, -0.25) is 0 Å². The van der Waals surface area contributed by atoms with Crippen LogP contribution in [0.4, 0.5) is 0 Å². The lowest BCUT2D eigenvalue weighted by atomic mass is 9.83. The van der Waals surface area contributed by atoms with E-state index in [0.29, 0.717) is 24.9 Å². The van der Waals surface area contributed by atoms with Crippen LogP contribution in [0, 0.1) is 17.2 Å². The molecule has 4 nitrogen and oxygen atoms in total. The van der Waals surface area contributed by atoms with Gasteiger partial charge in [-0.05, 0) is 32.1 Å². The van der Waals surface area contributed by atoms with Crippen molar-refractivity contribution in [1.82, 2.24) is 9.88 Å². The highest BCUT2D eigenvalue weighted by molar-refractivity contribution is 6.29. The third kappa shape index (κ3) is 3.44. The molecule has 1 aliphatic rings. The van der Waals surface area contributed by atoms with Crippen LogP contribution < -0.4 is 0 Å². The lowest BCUT2D eigenvalue weighted by molar-refractivity contribution is 0.0613. The maximum atomic E-state index is 9.29. The Bertz CT molecular complexity index is 484. The molecule has 0 N–H and O–H groups in total. The molecular weight excluding hydrogens is 262 g/mol. The van der Waals surface area contributed by atoms with Crippen LogP contribution in [-0.4, -0.2) is 37.2 Å². The molecule has 0 aromatic carbocycles. The molecule has 0 spiro atoms. The first-order valence-electron chi connectivity index (χ1n) is 6.39. The minimum atomic E-state index is -0.00219. The number of pyridine rings is 1. The first kappa shape index (κ1) is 14.3. The van der Waals surface area contributed by atoms with Crippen LogP contribution in [0.25, 0.3) is 0 Å². The normalized spacial score (nSPS) is 23.3. The summed E-state index contributed by atoms with van der Waals surface area (Å²) in [6.07, 6.45) is 0.783. The predicted octanol–water partition coefficient (Wildman–Crippen LogP) is 2.44. The minimum absolute atomic E-state index is 0.00219. The monoisotopic (exact) mass is 279 g/mol. The highest BCUT2D eigenvalue weighted by Gasteiger charge is 2.29. The Morgan fingerprint density at radius 2 is 2.32 bits per heavy atom. The van der Waals surface area contributed by atoms with E-state index >= 15 is 0 Å². The summed E-state index contributed by atoms with van der Waals surface area (Å²) in [7, 11) is 3.98. The van der Waals surface area contributed by atoms with Gasteiger partial charge in [-0.15, -0.1) is 0 Å². The zero-order valence-electron chi connectivity index (χ0n) is 11.3. The zero-order chi connectivity index (χ0) is 13.8. The van der Waals surface area contributed by atoms with Gasteiger partial charge in [0.2, 0.25) is 0 Å². The first-order valence-corrected chi connectivity index (χ1v) is 6.77. The van der Waals surface area contributed by atoms with Gasteiger partial charge in [0, 0.05) is 19.1 Å². The molecule has 1 aromatic heterocycles. The van der Waals surface area contributed by atoms with E-state index in [4.69, 9.17) is 16.3 Å². The molecule has 2 unspecified atom stereocenters. The number of halogens is 1. The molecule has 1 aromatic rings. The third-order valence-corrected chi connectivity index (χ3v) is 3.57. The molecule has 19 heavy (non-hydrogen) atoms. The highest BCUT2D eigenvalue weighted by Crippen LogP contribution is 2.33. The maximum Gasteiger partial charge on any atom is 0.129 e. The van der Waals surface area contributed by atoms with E-state index in [-0.39, 0.29) is 11.8 Å². The standard InChI is InChI=1S/C14H18ClN3O/c1-18(2)8-13-11(3-4-14(15)17-13)12-9-19-6-5-10(12)7-16/h3-4,10,12H,5-6,8-9H2,1-2H3. The van der Waals surface area contributed by atoms with Crippen molar-refractivity contribution in [3.05, 3.63) is 28.5 Å². The molecular formula is C14H18ClN3O. The number of hydrogen-bond donors (Lipinski definition) is 0. The van der Waals surface area contributed by atoms with Crippen LogP contribution in [0.15, 0.2) is 12.1 Å². The topological polar surface area (TPSA) is 49.2 Å². The highest BCUT2D eigenvalue weighted by atomic mass is 35.5. The molecule has 2 atom stereocenters. The summed E-state index contributed by atoms with van der Waals surface area (Å²) in [6, 6.07) is 6.17.